The van der Waals surface area contributed by atoms with Gasteiger partial charge in [0.2, 0.25) is 0 Å². The first kappa shape index (κ1) is 13.1. The predicted octanol–water partition coefficient (Wildman–Crippen LogP) is 3.54. The predicted molar refractivity (Wildman–Crippen MR) is 76.6 cm³/mol. The average Bonchev–Trinajstić information content (AvgIpc) is 2.76. The van der Waals surface area contributed by atoms with Crippen LogP contribution in [0.15, 0.2) is 29.3 Å². The largest absolute Gasteiger partial charge is 0.378 e. The topological polar surface area (TPSA) is 42.7 Å². The zero-order chi connectivity index (χ0) is 13.1. The van der Waals surface area contributed by atoms with Crippen LogP contribution in [0, 0.1) is 6.92 Å². The molecule has 2 rings (SSSR count). The van der Waals surface area contributed by atoms with Crippen LogP contribution in [0.1, 0.15) is 31.3 Å². The molecule has 0 bridgehead atoms. The van der Waals surface area contributed by atoms with Crippen molar-refractivity contribution in [1.82, 2.24) is 14.5 Å². The van der Waals surface area contributed by atoms with Gasteiger partial charge in [-0.15, -0.1) is 0 Å². The lowest BCUT2D eigenvalue weighted by atomic mass is 10.3. The van der Waals surface area contributed by atoms with Crippen molar-refractivity contribution in [2.75, 3.05) is 5.32 Å². The maximum Gasteiger partial charge on any atom is 0.106 e. The second-order valence-corrected chi connectivity index (χ2v) is 5.32. The van der Waals surface area contributed by atoms with E-state index in [-0.39, 0.29) is 0 Å². The minimum absolute atomic E-state index is 0.424. The molecule has 2 heterocycles. The molecule has 2 aromatic heterocycles. The van der Waals surface area contributed by atoms with Crippen molar-refractivity contribution < 1.29 is 0 Å². The van der Waals surface area contributed by atoms with Crippen LogP contribution in [0.25, 0.3) is 0 Å². The molecule has 96 valence electrons. The number of hydrogen-bond donors (Lipinski definition) is 1. The molecule has 18 heavy (non-hydrogen) atoms. The van der Waals surface area contributed by atoms with Gasteiger partial charge in [0.1, 0.15) is 4.60 Å². The van der Waals surface area contributed by atoms with Crippen LogP contribution < -0.4 is 5.32 Å². The molecule has 0 radical (unpaired) electrons. The Morgan fingerprint density at radius 1 is 1.39 bits per heavy atom. The van der Waals surface area contributed by atoms with E-state index in [9.17, 15) is 0 Å². The van der Waals surface area contributed by atoms with Gasteiger partial charge in [-0.25, -0.2) is 9.97 Å². The molecule has 0 aromatic carbocycles. The lowest BCUT2D eigenvalue weighted by Crippen LogP contribution is -2.09. The third-order valence-corrected chi connectivity index (χ3v) is 3.26. The van der Waals surface area contributed by atoms with Crippen LogP contribution in [-0.2, 0) is 6.54 Å². The smallest absolute Gasteiger partial charge is 0.106 e. The molecule has 0 spiro atoms. The molecule has 5 heteroatoms. The zero-order valence-corrected chi connectivity index (χ0v) is 12.4. The second-order valence-electron chi connectivity index (χ2n) is 4.51. The summed E-state index contributed by atoms with van der Waals surface area (Å²) < 4.78 is 3.02. The highest BCUT2D eigenvalue weighted by Gasteiger charge is 2.06. The Labute approximate surface area is 116 Å². The number of pyridine rings is 1. The minimum atomic E-state index is 0.424. The van der Waals surface area contributed by atoms with Gasteiger partial charge in [0.15, 0.2) is 0 Å². The quantitative estimate of drug-likeness (QED) is 0.878. The van der Waals surface area contributed by atoms with Crippen LogP contribution in [0.5, 0.6) is 0 Å². The standard InChI is InChI=1S/C13H17BrN4/c1-9(2)18-8-15-6-11(18)7-16-12-4-5-13(14)17-10(12)3/h4-6,8-9,16H,7H2,1-3H3. The Morgan fingerprint density at radius 3 is 2.83 bits per heavy atom. The Morgan fingerprint density at radius 2 is 2.17 bits per heavy atom. The third kappa shape index (κ3) is 2.90. The number of anilines is 1. The highest BCUT2D eigenvalue weighted by atomic mass is 79.9. The van der Waals surface area contributed by atoms with Gasteiger partial charge in [-0.05, 0) is 48.8 Å². The molecule has 0 unspecified atom stereocenters. The number of imidazole rings is 1. The molecular weight excluding hydrogens is 292 g/mol. The SMILES string of the molecule is Cc1nc(Br)ccc1NCc1cncn1C(C)C. The molecule has 0 fully saturated rings. The molecule has 0 atom stereocenters. The third-order valence-electron chi connectivity index (χ3n) is 2.81. The van der Waals surface area contributed by atoms with Gasteiger partial charge in [-0.2, -0.15) is 0 Å². The van der Waals surface area contributed by atoms with Gasteiger partial charge in [-0.3, -0.25) is 0 Å². The van der Waals surface area contributed by atoms with E-state index in [2.05, 4.69) is 49.6 Å². The van der Waals surface area contributed by atoms with Gasteiger partial charge in [0.05, 0.1) is 29.9 Å². The molecule has 0 aliphatic rings. The van der Waals surface area contributed by atoms with E-state index in [4.69, 9.17) is 0 Å². The molecule has 0 amide bonds. The van der Waals surface area contributed by atoms with E-state index in [1.165, 1.54) is 5.69 Å². The fourth-order valence-electron chi connectivity index (χ4n) is 1.84. The van der Waals surface area contributed by atoms with E-state index in [1.807, 2.05) is 31.6 Å². The van der Waals surface area contributed by atoms with Gasteiger partial charge in [0.25, 0.3) is 0 Å². The maximum atomic E-state index is 4.36. The summed E-state index contributed by atoms with van der Waals surface area (Å²) in [5.41, 5.74) is 3.21. The number of aryl methyl sites for hydroxylation is 1. The summed E-state index contributed by atoms with van der Waals surface area (Å²) >= 11 is 3.36. The average molecular weight is 309 g/mol. The zero-order valence-electron chi connectivity index (χ0n) is 10.8. The van der Waals surface area contributed by atoms with Crippen molar-refractivity contribution in [3.8, 4) is 0 Å². The van der Waals surface area contributed by atoms with E-state index < -0.39 is 0 Å². The van der Waals surface area contributed by atoms with Crippen molar-refractivity contribution in [2.45, 2.75) is 33.4 Å². The number of nitrogens with zero attached hydrogens (tertiary/aromatic N) is 3. The Balaban J connectivity index is 2.09. The Bertz CT molecular complexity index is 534. The van der Waals surface area contributed by atoms with Crippen LogP contribution >= 0.6 is 15.9 Å². The summed E-state index contributed by atoms with van der Waals surface area (Å²) in [4.78, 5) is 8.55. The lowest BCUT2D eigenvalue weighted by Gasteiger charge is -2.13. The van der Waals surface area contributed by atoms with Gasteiger partial charge in [0, 0.05) is 12.2 Å². The first-order valence-electron chi connectivity index (χ1n) is 5.95. The summed E-state index contributed by atoms with van der Waals surface area (Å²) in [5, 5.41) is 3.39. The van der Waals surface area contributed by atoms with Gasteiger partial charge in [-0.1, -0.05) is 0 Å². The van der Waals surface area contributed by atoms with Crippen molar-refractivity contribution in [1.29, 1.82) is 0 Å². The van der Waals surface area contributed by atoms with Gasteiger partial charge < -0.3 is 9.88 Å². The summed E-state index contributed by atoms with van der Waals surface area (Å²) in [7, 11) is 0. The molecular formula is C13H17BrN4. The Kier molecular flexibility index (Phi) is 4.01. The van der Waals surface area contributed by atoms with E-state index in [1.54, 1.807) is 0 Å². The first-order valence-corrected chi connectivity index (χ1v) is 6.75. The number of halogens is 1. The number of hydrogen-bond acceptors (Lipinski definition) is 3. The van der Waals surface area contributed by atoms with Crippen molar-refractivity contribution in [3.05, 3.63) is 40.6 Å². The molecule has 0 saturated heterocycles. The van der Waals surface area contributed by atoms with Crippen molar-refractivity contribution in [3.63, 3.8) is 0 Å². The number of rotatable bonds is 4. The highest BCUT2D eigenvalue weighted by Crippen LogP contribution is 2.17. The summed E-state index contributed by atoms with van der Waals surface area (Å²) in [6.07, 6.45) is 3.77. The molecule has 2 aromatic rings. The molecule has 1 N–H and O–H groups in total. The second kappa shape index (κ2) is 5.52. The number of nitrogens with one attached hydrogen (secondary N) is 1. The Hall–Kier alpha value is -1.36. The van der Waals surface area contributed by atoms with E-state index >= 15 is 0 Å². The minimum Gasteiger partial charge on any atom is -0.378 e. The van der Waals surface area contributed by atoms with Gasteiger partial charge >= 0.3 is 0 Å². The first-order chi connectivity index (χ1) is 8.58. The highest BCUT2D eigenvalue weighted by molar-refractivity contribution is 9.10. The monoisotopic (exact) mass is 308 g/mol. The van der Waals surface area contributed by atoms with Crippen LogP contribution in [0.4, 0.5) is 5.69 Å². The molecule has 0 saturated carbocycles. The normalized spacial score (nSPS) is 10.9. The molecule has 0 aliphatic carbocycles. The van der Waals surface area contributed by atoms with E-state index in [0.29, 0.717) is 6.04 Å². The van der Waals surface area contributed by atoms with E-state index in [0.717, 1.165) is 22.5 Å². The fourth-order valence-corrected chi connectivity index (χ4v) is 2.24. The number of aromatic nitrogens is 3. The maximum absolute atomic E-state index is 4.36. The summed E-state index contributed by atoms with van der Waals surface area (Å²) in [5.74, 6) is 0. The molecule has 0 aliphatic heterocycles. The van der Waals surface area contributed by atoms with Crippen LogP contribution in [-0.4, -0.2) is 14.5 Å². The lowest BCUT2D eigenvalue weighted by molar-refractivity contribution is 0.577. The molecule has 4 nitrogen and oxygen atoms in total. The summed E-state index contributed by atoms with van der Waals surface area (Å²) in [6, 6.07) is 4.39. The van der Waals surface area contributed by atoms with Crippen LogP contribution in [0.2, 0.25) is 0 Å². The fraction of sp³-hybridized carbons (Fsp3) is 0.385. The van der Waals surface area contributed by atoms with Crippen molar-refractivity contribution in [2.24, 2.45) is 0 Å². The van der Waals surface area contributed by atoms with Crippen molar-refractivity contribution >= 4 is 21.6 Å². The van der Waals surface area contributed by atoms with Crippen LogP contribution in [0.3, 0.4) is 0 Å². The summed E-state index contributed by atoms with van der Waals surface area (Å²) in [6.45, 7) is 7.05.